The number of halogens is 1. The number of hydrogen-bond acceptors (Lipinski definition) is 3. The van der Waals surface area contributed by atoms with E-state index in [0.717, 1.165) is 39.0 Å². The number of piperazine rings is 1. The fraction of sp³-hybridized carbons (Fsp3) is 0.923. The van der Waals surface area contributed by atoms with Crippen molar-refractivity contribution in [1.29, 1.82) is 0 Å². The summed E-state index contributed by atoms with van der Waals surface area (Å²) in [5, 5.41) is 0. The molecular formula is C13H28ClN3O. The zero-order valence-electron chi connectivity index (χ0n) is 12.1. The second kappa shape index (κ2) is 7.31. The topological polar surface area (TPSA) is 49.6 Å². The Labute approximate surface area is 117 Å². The Hall–Kier alpha value is -0.320. The third-order valence-electron chi connectivity index (χ3n) is 3.59. The van der Waals surface area contributed by atoms with E-state index in [1.54, 1.807) is 0 Å². The van der Waals surface area contributed by atoms with Crippen LogP contribution in [0.25, 0.3) is 0 Å². The molecule has 108 valence electrons. The predicted octanol–water partition coefficient (Wildman–Crippen LogP) is 1.48. The first kappa shape index (κ1) is 17.7. The quantitative estimate of drug-likeness (QED) is 0.847. The SMILES string of the molecule is CCCC(C)(N)C(=O)N1CCN(C(C)C)CC1.Cl. The van der Waals surface area contributed by atoms with Crippen LogP contribution in [0.1, 0.15) is 40.5 Å². The number of hydrogen-bond donors (Lipinski definition) is 1. The van der Waals surface area contributed by atoms with E-state index >= 15 is 0 Å². The van der Waals surface area contributed by atoms with Gasteiger partial charge in [-0.15, -0.1) is 12.4 Å². The molecule has 1 aliphatic heterocycles. The van der Waals surface area contributed by atoms with Gasteiger partial charge in [-0.3, -0.25) is 9.69 Å². The molecular weight excluding hydrogens is 250 g/mol. The monoisotopic (exact) mass is 277 g/mol. The Morgan fingerprint density at radius 1 is 1.28 bits per heavy atom. The Balaban J connectivity index is 0.00000289. The van der Waals surface area contributed by atoms with Gasteiger partial charge in [0, 0.05) is 32.2 Å². The molecule has 0 aromatic carbocycles. The van der Waals surface area contributed by atoms with Crippen molar-refractivity contribution in [2.24, 2.45) is 5.73 Å². The summed E-state index contributed by atoms with van der Waals surface area (Å²) in [7, 11) is 0. The van der Waals surface area contributed by atoms with E-state index in [1.807, 2.05) is 11.8 Å². The molecule has 1 atom stereocenters. The van der Waals surface area contributed by atoms with Gasteiger partial charge in [0.1, 0.15) is 0 Å². The summed E-state index contributed by atoms with van der Waals surface area (Å²) in [6.45, 7) is 11.9. The maximum atomic E-state index is 12.3. The van der Waals surface area contributed by atoms with Gasteiger partial charge in [0.25, 0.3) is 0 Å². The van der Waals surface area contributed by atoms with E-state index in [9.17, 15) is 4.79 Å². The number of carbonyl (C=O) groups excluding carboxylic acids is 1. The van der Waals surface area contributed by atoms with Gasteiger partial charge in [0.2, 0.25) is 5.91 Å². The molecule has 0 radical (unpaired) electrons. The maximum absolute atomic E-state index is 12.3. The van der Waals surface area contributed by atoms with Gasteiger partial charge in [-0.1, -0.05) is 13.3 Å². The van der Waals surface area contributed by atoms with Crippen molar-refractivity contribution in [3.8, 4) is 0 Å². The fourth-order valence-corrected chi connectivity index (χ4v) is 2.43. The first-order valence-electron chi connectivity index (χ1n) is 6.70. The summed E-state index contributed by atoms with van der Waals surface area (Å²) >= 11 is 0. The molecule has 0 spiro atoms. The van der Waals surface area contributed by atoms with Crippen LogP contribution in [-0.2, 0) is 4.79 Å². The summed E-state index contributed by atoms with van der Waals surface area (Å²) < 4.78 is 0. The Morgan fingerprint density at radius 3 is 2.17 bits per heavy atom. The fourth-order valence-electron chi connectivity index (χ4n) is 2.43. The number of carbonyl (C=O) groups is 1. The van der Waals surface area contributed by atoms with Crippen molar-refractivity contribution in [1.82, 2.24) is 9.80 Å². The van der Waals surface area contributed by atoms with Crippen LogP contribution in [-0.4, -0.2) is 53.5 Å². The highest BCUT2D eigenvalue weighted by Crippen LogP contribution is 2.15. The molecule has 1 unspecified atom stereocenters. The average molecular weight is 278 g/mol. The van der Waals surface area contributed by atoms with Crippen LogP contribution in [0.15, 0.2) is 0 Å². The lowest BCUT2D eigenvalue weighted by atomic mass is 9.95. The third kappa shape index (κ3) is 4.41. The van der Waals surface area contributed by atoms with E-state index in [4.69, 9.17) is 5.73 Å². The maximum Gasteiger partial charge on any atom is 0.242 e. The lowest BCUT2D eigenvalue weighted by Gasteiger charge is -2.40. The molecule has 0 saturated carbocycles. The van der Waals surface area contributed by atoms with Crippen molar-refractivity contribution < 1.29 is 4.79 Å². The molecule has 0 aliphatic carbocycles. The summed E-state index contributed by atoms with van der Waals surface area (Å²) in [6, 6.07) is 0.562. The van der Waals surface area contributed by atoms with E-state index < -0.39 is 5.54 Å². The molecule has 4 nitrogen and oxygen atoms in total. The van der Waals surface area contributed by atoms with Crippen LogP contribution in [0.5, 0.6) is 0 Å². The summed E-state index contributed by atoms with van der Waals surface area (Å²) in [4.78, 5) is 16.6. The normalized spacial score (nSPS) is 20.4. The number of rotatable bonds is 4. The zero-order chi connectivity index (χ0) is 13.1. The Kier molecular flexibility index (Phi) is 7.18. The lowest BCUT2D eigenvalue weighted by molar-refractivity contribution is -0.138. The number of nitrogens with two attached hydrogens (primary N) is 1. The average Bonchev–Trinajstić information content (AvgIpc) is 2.28. The molecule has 0 bridgehead atoms. The molecule has 1 aliphatic rings. The second-order valence-corrected chi connectivity index (χ2v) is 5.59. The van der Waals surface area contributed by atoms with Crippen LogP contribution in [0.4, 0.5) is 0 Å². The number of nitrogens with zero attached hydrogens (tertiary/aromatic N) is 2. The molecule has 1 fully saturated rings. The van der Waals surface area contributed by atoms with Crippen molar-refractivity contribution in [2.75, 3.05) is 26.2 Å². The first-order valence-corrected chi connectivity index (χ1v) is 6.70. The summed E-state index contributed by atoms with van der Waals surface area (Å²) in [5.41, 5.74) is 5.41. The van der Waals surface area contributed by atoms with Gasteiger partial charge >= 0.3 is 0 Å². The minimum absolute atomic E-state index is 0. The van der Waals surface area contributed by atoms with Crippen molar-refractivity contribution in [3.05, 3.63) is 0 Å². The minimum Gasteiger partial charge on any atom is -0.339 e. The van der Waals surface area contributed by atoms with Gasteiger partial charge in [0.05, 0.1) is 5.54 Å². The van der Waals surface area contributed by atoms with Gasteiger partial charge < -0.3 is 10.6 Å². The summed E-state index contributed by atoms with van der Waals surface area (Å²) in [5.74, 6) is 0.114. The van der Waals surface area contributed by atoms with Gasteiger partial charge in [0.15, 0.2) is 0 Å². The second-order valence-electron chi connectivity index (χ2n) is 5.59. The first-order chi connectivity index (χ1) is 7.88. The summed E-state index contributed by atoms with van der Waals surface area (Å²) in [6.07, 6.45) is 1.71. The molecule has 0 aromatic heterocycles. The van der Waals surface area contributed by atoms with Gasteiger partial charge in [-0.05, 0) is 27.2 Å². The molecule has 1 heterocycles. The molecule has 0 aromatic rings. The van der Waals surface area contributed by atoms with Crippen LogP contribution < -0.4 is 5.73 Å². The molecule has 1 rings (SSSR count). The van der Waals surface area contributed by atoms with E-state index in [-0.39, 0.29) is 18.3 Å². The zero-order valence-corrected chi connectivity index (χ0v) is 12.9. The van der Waals surface area contributed by atoms with Gasteiger partial charge in [-0.25, -0.2) is 0 Å². The minimum atomic E-state index is -0.686. The lowest BCUT2D eigenvalue weighted by Crippen LogP contribution is -2.58. The molecule has 1 amide bonds. The predicted molar refractivity (Wildman–Crippen MR) is 78.0 cm³/mol. The molecule has 18 heavy (non-hydrogen) atoms. The van der Waals surface area contributed by atoms with Gasteiger partial charge in [-0.2, -0.15) is 0 Å². The smallest absolute Gasteiger partial charge is 0.242 e. The number of amides is 1. The van der Waals surface area contributed by atoms with Crippen LogP contribution in [0, 0.1) is 0 Å². The van der Waals surface area contributed by atoms with E-state index in [0.29, 0.717) is 6.04 Å². The standard InChI is InChI=1S/C13H27N3O.ClH/c1-5-6-13(4,14)12(17)16-9-7-15(8-10-16)11(2)3;/h11H,5-10,14H2,1-4H3;1H. The highest BCUT2D eigenvalue weighted by Gasteiger charge is 2.33. The Bertz CT molecular complexity index is 261. The van der Waals surface area contributed by atoms with E-state index in [2.05, 4.69) is 25.7 Å². The van der Waals surface area contributed by atoms with Crippen LogP contribution >= 0.6 is 12.4 Å². The highest BCUT2D eigenvalue weighted by molar-refractivity contribution is 5.86. The molecule has 1 saturated heterocycles. The molecule has 5 heteroatoms. The van der Waals surface area contributed by atoms with Crippen LogP contribution in [0.2, 0.25) is 0 Å². The highest BCUT2D eigenvalue weighted by atomic mass is 35.5. The molecule has 2 N–H and O–H groups in total. The largest absolute Gasteiger partial charge is 0.339 e. The van der Waals surface area contributed by atoms with Crippen molar-refractivity contribution in [3.63, 3.8) is 0 Å². The van der Waals surface area contributed by atoms with E-state index in [1.165, 1.54) is 0 Å². The van der Waals surface area contributed by atoms with Crippen LogP contribution in [0.3, 0.4) is 0 Å². The van der Waals surface area contributed by atoms with Crippen molar-refractivity contribution in [2.45, 2.75) is 52.1 Å². The Morgan fingerprint density at radius 2 is 1.78 bits per heavy atom. The van der Waals surface area contributed by atoms with Crippen molar-refractivity contribution >= 4 is 18.3 Å². The third-order valence-corrected chi connectivity index (χ3v) is 3.59.